The standard InChI is InChI=1S/C27H24N4O2/c1-17-10-21-15-30-23-12-24(32-2)25(33-16-19-4-3-9-29-14-19)11-22(23)26(21)27(31-17)20-7-5-18(13-28)6-8-20/h4-8,11-12,14-15,17H,3,9-10,16H2,1-2H3. The Bertz CT molecular complexity index is 1350. The van der Waals surface area contributed by atoms with Crippen LogP contribution in [0, 0.1) is 11.3 Å². The third kappa shape index (κ3) is 4.10. The van der Waals surface area contributed by atoms with Gasteiger partial charge in [0, 0.05) is 47.1 Å². The van der Waals surface area contributed by atoms with E-state index in [9.17, 15) is 5.26 Å². The van der Waals surface area contributed by atoms with Crippen LogP contribution < -0.4 is 9.47 Å². The van der Waals surface area contributed by atoms with Gasteiger partial charge in [0.25, 0.3) is 0 Å². The molecule has 0 spiro atoms. The number of rotatable bonds is 5. The highest BCUT2D eigenvalue weighted by Gasteiger charge is 2.24. The number of hydrogen-bond acceptors (Lipinski definition) is 6. The van der Waals surface area contributed by atoms with E-state index in [1.54, 1.807) is 7.11 Å². The van der Waals surface area contributed by atoms with Crippen molar-refractivity contribution in [3.63, 3.8) is 0 Å². The maximum absolute atomic E-state index is 9.18. The van der Waals surface area contributed by atoms with Gasteiger partial charge >= 0.3 is 0 Å². The molecule has 2 aromatic carbocycles. The summed E-state index contributed by atoms with van der Waals surface area (Å²) in [5.41, 5.74) is 6.63. The van der Waals surface area contributed by atoms with Crippen molar-refractivity contribution < 1.29 is 9.47 Å². The summed E-state index contributed by atoms with van der Waals surface area (Å²) in [6, 6.07) is 13.8. The molecule has 0 saturated heterocycles. The van der Waals surface area contributed by atoms with Crippen molar-refractivity contribution in [3.05, 3.63) is 76.5 Å². The van der Waals surface area contributed by atoms with Crippen molar-refractivity contribution in [2.45, 2.75) is 25.8 Å². The molecule has 0 bridgehead atoms. The molecule has 1 aromatic heterocycles. The van der Waals surface area contributed by atoms with Gasteiger partial charge in [0.2, 0.25) is 0 Å². The number of pyridine rings is 1. The molecule has 0 aliphatic carbocycles. The molecule has 33 heavy (non-hydrogen) atoms. The SMILES string of the molecule is COc1cc2ncc3c(c2cc1OCC1=CCCN=C1)C(c1ccc(C#N)cc1)=NC(C)C3. The van der Waals surface area contributed by atoms with Crippen LogP contribution in [0.1, 0.15) is 35.6 Å². The number of benzene rings is 2. The Kier molecular flexibility index (Phi) is 5.62. The van der Waals surface area contributed by atoms with Crippen LogP contribution >= 0.6 is 0 Å². The van der Waals surface area contributed by atoms with E-state index in [0.717, 1.165) is 58.3 Å². The highest BCUT2D eigenvalue weighted by Crippen LogP contribution is 2.37. The molecule has 0 amide bonds. The fourth-order valence-corrected chi connectivity index (χ4v) is 4.33. The monoisotopic (exact) mass is 436 g/mol. The molecule has 3 heterocycles. The lowest BCUT2D eigenvalue weighted by molar-refractivity contribution is 0.323. The third-order valence-electron chi connectivity index (χ3n) is 5.94. The second-order valence-electron chi connectivity index (χ2n) is 8.29. The minimum absolute atomic E-state index is 0.147. The molecule has 0 radical (unpaired) electrons. The maximum Gasteiger partial charge on any atom is 0.162 e. The van der Waals surface area contributed by atoms with E-state index in [2.05, 4.69) is 24.1 Å². The Labute approximate surface area is 192 Å². The number of aliphatic imine (C=N–C) groups is 2. The molecule has 3 aromatic rings. The number of aromatic nitrogens is 1. The summed E-state index contributed by atoms with van der Waals surface area (Å²) < 4.78 is 11.8. The van der Waals surface area contributed by atoms with Gasteiger partial charge in [-0.1, -0.05) is 18.2 Å². The molecule has 1 atom stereocenters. The molecule has 2 aliphatic rings. The Hall–Kier alpha value is -3.98. The van der Waals surface area contributed by atoms with E-state index >= 15 is 0 Å². The molecule has 0 fully saturated rings. The van der Waals surface area contributed by atoms with Gasteiger partial charge in [0.05, 0.1) is 36.0 Å². The van der Waals surface area contributed by atoms with Crippen molar-refractivity contribution in [1.29, 1.82) is 5.26 Å². The molecule has 6 nitrogen and oxygen atoms in total. The normalized spacial score (nSPS) is 17.1. The third-order valence-corrected chi connectivity index (χ3v) is 5.94. The fourth-order valence-electron chi connectivity index (χ4n) is 4.33. The average molecular weight is 437 g/mol. The van der Waals surface area contributed by atoms with Crippen LogP contribution in [-0.2, 0) is 6.42 Å². The molecule has 1 unspecified atom stereocenters. The number of nitrogens with zero attached hydrogens (tertiary/aromatic N) is 4. The predicted molar refractivity (Wildman–Crippen MR) is 130 cm³/mol. The molecule has 0 saturated carbocycles. The summed E-state index contributed by atoms with van der Waals surface area (Å²) in [6.07, 6.45) is 7.72. The van der Waals surface area contributed by atoms with Gasteiger partial charge < -0.3 is 9.47 Å². The number of dihydropyridines is 1. The van der Waals surface area contributed by atoms with Gasteiger partial charge in [-0.3, -0.25) is 15.0 Å². The lowest BCUT2D eigenvalue weighted by Crippen LogP contribution is -2.20. The van der Waals surface area contributed by atoms with Gasteiger partial charge in [-0.25, -0.2) is 0 Å². The van der Waals surface area contributed by atoms with Gasteiger partial charge in [-0.15, -0.1) is 0 Å². The van der Waals surface area contributed by atoms with E-state index < -0.39 is 0 Å². The topological polar surface area (TPSA) is 79.9 Å². The van der Waals surface area contributed by atoms with Gasteiger partial charge in [0.1, 0.15) is 6.61 Å². The lowest BCUT2D eigenvalue weighted by atomic mass is 9.88. The van der Waals surface area contributed by atoms with Crippen LogP contribution in [0.5, 0.6) is 11.5 Å². The molecule has 164 valence electrons. The Morgan fingerprint density at radius 1 is 1.15 bits per heavy atom. The van der Waals surface area contributed by atoms with E-state index in [4.69, 9.17) is 19.5 Å². The van der Waals surface area contributed by atoms with Gasteiger partial charge in [0.15, 0.2) is 11.5 Å². The van der Waals surface area contributed by atoms with Crippen molar-refractivity contribution >= 4 is 22.8 Å². The summed E-state index contributed by atoms with van der Waals surface area (Å²) in [6.45, 7) is 3.37. The van der Waals surface area contributed by atoms with Crippen molar-refractivity contribution in [2.24, 2.45) is 9.98 Å². The molecular formula is C27H24N4O2. The fraction of sp³-hybridized carbons (Fsp3) is 0.259. The Morgan fingerprint density at radius 3 is 2.73 bits per heavy atom. The van der Waals surface area contributed by atoms with Crippen molar-refractivity contribution in [2.75, 3.05) is 20.3 Å². The van der Waals surface area contributed by atoms with E-state index in [1.165, 1.54) is 0 Å². The van der Waals surface area contributed by atoms with Crippen LogP contribution in [0.4, 0.5) is 0 Å². The number of nitriles is 1. The number of hydrogen-bond donors (Lipinski definition) is 0. The summed E-state index contributed by atoms with van der Waals surface area (Å²) in [4.78, 5) is 14.0. The van der Waals surface area contributed by atoms with Crippen LogP contribution in [0.25, 0.3) is 10.9 Å². The first-order valence-electron chi connectivity index (χ1n) is 11.1. The number of ether oxygens (including phenoxy) is 2. The second kappa shape index (κ2) is 8.87. The zero-order valence-electron chi connectivity index (χ0n) is 18.7. The van der Waals surface area contributed by atoms with E-state index in [1.807, 2.05) is 48.8 Å². The largest absolute Gasteiger partial charge is 0.493 e. The van der Waals surface area contributed by atoms with Crippen LogP contribution in [0.15, 0.2) is 64.2 Å². The van der Waals surface area contributed by atoms with Crippen LogP contribution in [-0.4, -0.2) is 43.2 Å². The molecule has 6 heteroatoms. The first-order valence-corrected chi connectivity index (χ1v) is 11.1. The highest BCUT2D eigenvalue weighted by atomic mass is 16.5. The maximum atomic E-state index is 9.18. The second-order valence-corrected chi connectivity index (χ2v) is 8.29. The van der Waals surface area contributed by atoms with Crippen molar-refractivity contribution in [3.8, 4) is 17.6 Å². The molecular weight excluding hydrogens is 412 g/mol. The quantitative estimate of drug-likeness (QED) is 0.582. The number of methoxy groups -OCH3 is 1. The Morgan fingerprint density at radius 2 is 2.00 bits per heavy atom. The smallest absolute Gasteiger partial charge is 0.162 e. The zero-order chi connectivity index (χ0) is 22.8. The summed E-state index contributed by atoms with van der Waals surface area (Å²) in [5, 5.41) is 10.2. The van der Waals surface area contributed by atoms with Crippen LogP contribution in [0.2, 0.25) is 0 Å². The summed E-state index contributed by atoms with van der Waals surface area (Å²) in [7, 11) is 1.64. The summed E-state index contributed by atoms with van der Waals surface area (Å²) >= 11 is 0. The van der Waals surface area contributed by atoms with E-state index in [0.29, 0.717) is 23.7 Å². The Balaban J connectivity index is 1.62. The van der Waals surface area contributed by atoms with E-state index in [-0.39, 0.29) is 6.04 Å². The average Bonchev–Trinajstić information content (AvgIpc) is 2.86. The minimum atomic E-state index is 0.147. The van der Waals surface area contributed by atoms with Gasteiger partial charge in [-0.05, 0) is 43.5 Å². The summed E-state index contributed by atoms with van der Waals surface area (Å²) in [5.74, 6) is 1.31. The molecule has 5 rings (SSSR count). The van der Waals surface area contributed by atoms with Crippen LogP contribution in [0.3, 0.4) is 0 Å². The minimum Gasteiger partial charge on any atom is -0.493 e. The van der Waals surface area contributed by atoms with Gasteiger partial charge in [-0.2, -0.15) is 5.26 Å². The van der Waals surface area contributed by atoms with Crippen molar-refractivity contribution in [1.82, 2.24) is 4.98 Å². The first-order chi connectivity index (χ1) is 16.2. The molecule has 2 aliphatic heterocycles. The lowest BCUT2D eigenvalue weighted by Gasteiger charge is -2.23. The number of fused-ring (bicyclic) bond motifs is 3. The molecule has 0 N–H and O–H groups in total. The predicted octanol–water partition coefficient (Wildman–Crippen LogP) is 4.68. The first kappa shape index (κ1) is 20.9. The zero-order valence-corrected chi connectivity index (χ0v) is 18.7. The highest BCUT2D eigenvalue weighted by molar-refractivity contribution is 6.20.